The Morgan fingerprint density at radius 3 is 2.22 bits per heavy atom. The van der Waals surface area contributed by atoms with Crippen molar-refractivity contribution in [2.75, 3.05) is 6.54 Å². The average Bonchev–Trinajstić information content (AvgIpc) is 3.53. The number of rotatable bonds is 16. The lowest BCUT2D eigenvalue weighted by Gasteiger charge is -2.32. The van der Waals surface area contributed by atoms with Crippen molar-refractivity contribution in [1.82, 2.24) is 10.2 Å². The van der Waals surface area contributed by atoms with Crippen LogP contribution < -0.4 is 5.32 Å². The Bertz CT molecular complexity index is 1240. The maximum Gasteiger partial charge on any atom is 0.408 e. The maximum absolute atomic E-state index is 14.9. The Morgan fingerprint density at radius 2 is 1.64 bits per heavy atom. The van der Waals surface area contributed by atoms with E-state index in [1.807, 2.05) is 6.92 Å². The standard InChI is InChI=1S/C34H47FN2O8/c1-6-10-22(31(40)28(39)17-23(33(42)43)15-21-11-8-7-9-12-21)16-27(38)30-24-13-14-26(35)25(24)18-37(30)32(41)29(19(2)3)36-34(44)45-20(4)5/h7-9,11-12,19-20,22-26,29-30H,6,10,13-18H2,1-5H3,(H,36,44)(H,42,43)/t22?,23-,24-,25?,26?,29-,30-/m0/s1. The molecule has 0 spiro atoms. The number of aliphatic carboxylic acids is 1. The molecule has 1 saturated heterocycles. The third-order valence-electron chi connectivity index (χ3n) is 8.94. The number of hydrogen-bond donors (Lipinski definition) is 2. The summed E-state index contributed by atoms with van der Waals surface area (Å²) in [5.41, 5.74) is 0.723. The Morgan fingerprint density at radius 1 is 0.978 bits per heavy atom. The zero-order valence-electron chi connectivity index (χ0n) is 26.9. The molecule has 1 aliphatic carbocycles. The summed E-state index contributed by atoms with van der Waals surface area (Å²) in [6, 6.07) is 6.80. The predicted molar refractivity (Wildman–Crippen MR) is 164 cm³/mol. The van der Waals surface area contributed by atoms with Crippen molar-refractivity contribution in [3.8, 4) is 0 Å². The number of nitrogens with zero attached hydrogens (tertiary/aromatic N) is 1. The number of carbonyl (C=O) groups excluding carboxylic acids is 5. The molecule has 11 heteroatoms. The number of fused-ring (bicyclic) bond motifs is 1. The highest BCUT2D eigenvalue weighted by atomic mass is 19.1. The summed E-state index contributed by atoms with van der Waals surface area (Å²) in [6.45, 7) is 8.66. The number of benzene rings is 1. The van der Waals surface area contributed by atoms with E-state index < -0.39 is 89.8 Å². The molecule has 1 aromatic carbocycles. The monoisotopic (exact) mass is 630 g/mol. The minimum Gasteiger partial charge on any atom is -0.481 e. The van der Waals surface area contributed by atoms with Gasteiger partial charge in [0.15, 0.2) is 11.6 Å². The van der Waals surface area contributed by atoms with Gasteiger partial charge in [0.2, 0.25) is 11.7 Å². The molecule has 1 aliphatic heterocycles. The van der Waals surface area contributed by atoms with Crippen molar-refractivity contribution in [3.05, 3.63) is 35.9 Å². The zero-order chi connectivity index (χ0) is 33.4. The Kier molecular flexibility index (Phi) is 12.8. The van der Waals surface area contributed by atoms with Gasteiger partial charge in [0.1, 0.15) is 12.2 Å². The topological polar surface area (TPSA) is 147 Å². The highest BCUT2D eigenvalue weighted by Gasteiger charge is 2.54. The lowest BCUT2D eigenvalue weighted by Crippen LogP contribution is -2.55. The van der Waals surface area contributed by atoms with Crippen LogP contribution in [0.2, 0.25) is 0 Å². The number of likely N-dealkylation sites (tertiary alicyclic amines) is 1. The Labute approximate surface area is 264 Å². The number of carboxylic acids is 1. The molecule has 10 nitrogen and oxygen atoms in total. The first kappa shape index (κ1) is 35.8. The van der Waals surface area contributed by atoms with Crippen molar-refractivity contribution in [3.63, 3.8) is 0 Å². The van der Waals surface area contributed by atoms with Crippen LogP contribution in [0.3, 0.4) is 0 Å². The van der Waals surface area contributed by atoms with Crippen LogP contribution in [-0.4, -0.2) is 76.2 Å². The van der Waals surface area contributed by atoms with Crippen molar-refractivity contribution < 1.29 is 43.0 Å². The molecular weight excluding hydrogens is 583 g/mol. The summed E-state index contributed by atoms with van der Waals surface area (Å²) < 4.78 is 20.1. The quantitative estimate of drug-likeness (QED) is 0.253. The molecule has 3 rings (SSSR count). The number of alkyl carbamates (subject to hydrolysis) is 1. The summed E-state index contributed by atoms with van der Waals surface area (Å²) in [7, 11) is 0. The minimum absolute atomic E-state index is 0.0102. The van der Waals surface area contributed by atoms with E-state index in [0.717, 1.165) is 5.56 Å². The second-order valence-electron chi connectivity index (χ2n) is 13.0. The molecule has 248 valence electrons. The van der Waals surface area contributed by atoms with Gasteiger partial charge in [-0.15, -0.1) is 0 Å². The number of hydrogen-bond acceptors (Lipinski definition) is 7. The van der Waals surface area contributed by atoms with Gasteiger partial charge in [-0.05, 0) is 56.9 Å². The number of alkyl halides is 1. The summed E-state index contributed by atoms with van der Waals surface area (Å²) in [5.74, 6) is -7.24. The van der Waals surface area contributed by atoms with E-state index in [1.54, 1.807) is 58.0 Å². The molecule has 1 saturated carbocycles. The summed E-state index contributed by atoms with van der Waals surface area (Å²) in [5, 5.41) is 12.3. The number of halogens is 1. The highest BCUT2D eigenvalue weighted by Crippen LogP contribution is 2.45. The molecule has 2 N–H and O–H groups in total. The number of carbonyl (C=O) groups is 6. The predicted octanol–water partition coefficient (Wildman–Crippen LogP) is 4.57. The molecule has 0 bridgehead atoms. The minimum atomic E-state index is -1.19. The number of Topliss-reactive ketones (excluding diaryl/α,β-unsaturated/α-hetero) is 3. The number of ketones is 3. The Balaban J connectivity index is 1.80. The fraction of sp³-hybridized carbons (Fsp3) is 0.647. The van der Waals surface area contributed by atoms with E-state index in [9.17, 15) is 38.3 Å². The van der Waals surface area contributed by atoms with E-state index in [-0.39, 0.29) is 38.1 Å². The fourth-order valence-corrected chi connectivity index (χ4v) is 6.70. The first-order chi connectivity index (χ1) is 21.2. The summed E-state index contributed by atoms with van der Waals surface area (Å²) in [4.78, 5) is 80.0. The molecule has 2 fully saturated rings. The van der Waals surface area contributed by atoms with Crippen LogP contribution in [0.4, 0.5) is 9.18 Å². The van der Waals surface area contributed by atoms with Gasteiger partial charge < -0.3 is 20.1 Å². The van der Waals surface area contributed by atoms with Gasteiger partial charge in [0, 0.05) is 31.2 Å². The first-order valence-corrected chi connectivity index (χ1v) is 16.0. The van der Waals surface area contributed by atoms with Crippen molar-refractivity contribution in [2.45, 2.75) is 104 Å². The molecule has 7 atom stereocenters. The van der Waals surface area contributed by atoms with Crippen LogP contribution in [0.5, 0.6) is 0 Å². The second kappa shape index (κ2) is 16.1. The normalized spacial score (nSPS) is 22.9. The van der Waals surface area contributed by atoms with E-state index in [4.69, 9.17) is 4.74 Å². The summed E-state index contributed by atoms with van der Waals surface area (Å²) in [6.07, 6.45) is -1.74. The largest absolute Gasteiger partial charge is 0.481 e. The van der Waals surface area contributed by atoms with Crippen LogP contribution in [0, 0.1) is 29.6 Å². The van der Waals surface area contributed by atoms with Gasteiger partial charge in [-0.2, -0.15) is 0 Å². The van der Waals surface area contributed by atoms with E-state index in [1.165, 1.54) is 4.90 Å². The lowest BCUT2D eigenvalue weighted by atomic mass is 9.83. The van der Waals surface area contributed by atoms with Gasteiger partial charge >= 0.3 is 12.1 Å². The second-order valence-corrected chi connectivity index (χ2v) is 13.0. The smallest absolute Gasteiger partial charge is 0.408 e. The molecule has 2 aliphatic rings. The van der Waals surface area contributed by atoms with Crippen LogP contribution in [-0.2, 0) is 35.1 Å². The number of carboxylic acid groups (broad SMARTS) is 1. The van der Waals surface area contributed by atoms with Crippen LogP contribution in [0.25, 0.3) is 0 Å². The van der Waals surface area contributed by atoms with Crippen molar-refractivity contribution >= 4 is 35.3 Å². The van der Waals surface area contributed by atoms with E-state index >= 15 is 0 Å². The van der Waals surface area contributed by atoms with Gasteiger partial charge in [0.05, 0.1) is 18.1 Å². The van der Waals surface area contributed by atoms with Crippen molar-refractivity contribution in [2.24, 2.45) is 29.6 Å². The van der Waals surface area contributed by atoms with Crippen LogP contribution in [0.1, 0.15) is 78.7 Å². The van der Waals surface area contributed by atoms with Gasteiger partial charge in [0.25, 0.3) is 0 Å². The van der Waals surface area contributed by atoms with E-state index in [2.05, 4.69) is 5.32 Å². The molecule has 0 radical (unpaired) electrons. The van der Waals surface area contributed by atoms with Gasteiger partial charge in [-0.25, -0.2) is 9.18 Å². The molecule has 1 aromatic rings. The average molecular weight is 631 g/mol. The fourth-order valence-electron chi connectivity index (χ4n) is 6.70. The third kappa shape index (κ3) is 9.20. The molecule has 3 unspecified atom stereocenters. The first-order valence-electron chi connectivity index (χ1n) is 16.0. The number of nitrogens with one attached hydrogen (secondary N) is 1. The van der Waals surface area contributed by atoms with Crippen LogP contribution in [0.15, 0.2) is 30.3 Å². The lowest BCUT2D eigenvalue weighted by molar-refractivity contribution is -0.146. The molecule has 1 heterocycles. The Hall–Kier alpha value is -3.63. The molecule has 0 aromatic heterocycles. The van der Waals surface area contributed by atoms with Gasteiger partial charge in [-0.1, -0.05) is 57.5 Å². The summed E-state index contributed by atoms with van der Waals surface area (Å²) >= 11 is 0. The zero-order valence-corrected chi connectivity index (χ0v) is 26.9. The van der Waals surface area contributed by atoms with Gasteiger partial charge in [-0.3, -0.25) is 24.0 Å². The number of ether oxygens (including phenoxy) is 1. The highest BCUT2D eigenvalue weighted by molar-refractivity contribution is 6.38. The van der Waals surface area contributed by atoms with E-state index in [0.29, 0.717) is 12.8 Å². The molecule has 45 heavy (non-hydrogen) atoms. The molecule has 2 amide bonds. The maximum atomic E-state index is 14.9. The SMILES string of the molecule is CCCC(CC(=O)[C@@H]1[C@H]2CCC(F)C2CN1C(=O)[C@@H](NC(=O)OC(C)C)C(C)C)C(=O)C(=O)C[C@H](Cc1ccccc1)C(=O)O. The third-order valence-corrected chi connectivity index (χ3v) is 8.94. The van der Waals surface area contributed by atoms with Crippen molar-refractivity contribution in [1.29, 1.82) is 0 Å². The number of amides is 2. The molecular formula is C34H47FN2O8. The van der Waals surface area contributed by atoms with Crippen LogP contribution >= 0.6 is 0 Å².